The third-order valence-corrected chi connectivity index (χ3v) is 4.74. The Morgan fingerprint density at radius 2 is 1.92 bits per heavy atom. The molecule has 0 bridgehead atoms. The normalized spacial score (nSPS) is 21.1. The van der Waals surface area contributed by atoms with E-state index in [1.165, 1.54) is 0 Å². The molecule has 1 saturated carbocycles. The molecule has 8 heteroatoms. The van der Waals surface area contributed by atoms with E-state index in [1.54, 1.807) is 6.20 Å². The predicted octanol–water partition coefficient (Wildman–Crippen LogP) is 2.84. The average molecular weight is 345 g/mol. The van der Waals surface area contributed by atoms with E-state index in [9.17, 15) is 5.11 Å². The van der Waals surface area contributed by atoms with Crippen molar-refractivity contribution in [2.24, 2.45) is 0 Å². The van der Waals surface area contributed by atoms with Crippen molar-refractivity contribution in [1.29, 1.82) is 0 Å². The number of rotatable bonds is 3. The van der Waals surface area contributed by atoms with Crippen LogP contribution in [0.15, 0.2) is 30.5 Å². The number of para-hydroxylation sites is 1. The van der Waals surface area contributed by atoms with Gasteiger partial charge in [-0.2, -0.15) is 15.3 Å². The fourth-order valence-corrected chi connectivity index (χ4v) is 3.42. The van der Waals surface area contributed by atoms with E-state index >= 15 is 0 Å². The Labute approximate surface area is 143 Å². The molecule has 0 saturated heterocycles. The first kappa shape index (κ1) is 15.3. The fourth-order valence-electron chi connectivity index (χ4n) is 3.19. The molecule has 1 aliphatic rings. The summed E-state index contributed by atoms with van der Waals surface area (Å²) in [6.45, 7) is 0. The van der Waals surface area contributed by atoms with Crippen LogP contribution in [0.5, 0.6) is 0 Å². The van der Waals surface area contributed by atoms with Gasteiger partial charge < -0.3 is 10.0 Å². The molecule has 0 amide bonds. The summed E-state index contributed by atoms with van der Waals surface area (Å²) in [7, 11) is 0. The first-order chi connectivity index (χ1) is 11.7. The molecule has 1 aliphatic carbocycles. The summed E-state index contributed by atoms with van der Waals surface area (Å²) in [5.74, 6) is 0.547. The maximum absolute atomic E-state index is 9.82. The van der Waals surface area contributed by atoms with Crippen LogP contribution in [0.1, 0.15) is 25.7 Å². The molecule has 0 unspecified atom stereocenters. The van der Waals surface area contributed by atoms with Crippen LogP contribution in [0, 0.1) is 0 Å². The molecule has 24 heavy (non-hydrogen) atoms. The Bertz CT molecular complexity index is 845. The summed E-state index contributed by atoms with van der Waals surface area (Å²) in [4.78, 5) is 11.1. The van der Waals surface area contributed by atoms with Crippen LogP contribution in [0.2, 0.25) is 5.02 Å². The molecule has 2 aromatic heterocycles. The SMILES string of the molecule is OC1CCC(N(c2ncc3n[nH]nc3n2)c2ccccc2Cl)CC1. The maximum atomic E-state index is 9.82. The Morgan fingerprint density at radius 1 is 1.12 bits per heavy atom. The van der Waals surface area contributed by atoms with Crippen molar-refractivity contribution < 1.29 is 5.11 Å². The lowest BCUT2D eigenvalue weighted by atomic mass is 9.92. The molecule has 124 valence electrons. The third kappa shape index (κ3) is 2.81. The third-order valence-electron chi connectivity index (χ3n) is 4.42. The van der Waals surface area contributed by atoms with Gasteiger partial charge in [-0.05, 0) is 37.8 Å². The molecular weight excluding hydrogens is 328 g/mol. The summed E-state index contributed by atoms with van der Waals surface area (Å²) < 4.78 is 0. The molecule has 0 aliphatic heterocycles. The number of aromatic nitrogens is 5. The van der Waals surface area contributed by atoms with Gasteiger partial charge in [0.25, 0.3) is 0 Å². The van der Waals surface area contributed by atoms with Crippen LogP contribution in [-0.4, -0.2) is 42.6 Å². The van der Waals surface area contributed by atoms with E-state index < -0.39 is 0 Å². The van der Waals surface area contributed by atoms with Crippen molar-refractivity contribution >= 4 is 34.4 Å². The molecule has 0 spiro atoms. The van der Waals surface area contributed by atoms with Gasteiger partial charge in [0.1, 0.15) is 5.52 Å². The number of nitrogens with zero attached hydrogens (tertiary/aromatic N) is 5. The zero-order chi connectivity index (χ0) is 16.5. The summed E-state index contributed by atoms with van der Waals surface area (Å²) in [6.07, 6.45) is 4.66. The van der Waals surface area contributed by atoms with Gasteiger partial charge in [-0.3, -0.25) is 0 Å². The summed E-state index contributed by atoms with van der Waals surface area (Å²) in [6, 6.07) is 7.84. The molecule has 1 aromatic carbocycles. The molecule has 2 heterocycles. The Hall–Kier alpha value is -2.25. The number of halogens is 1. The number of anilines is 2. The fraction of sp³-hybridized carbons (Fsp3) is 0.375. The number of aliphatic hydroxyl groups is 1. The highest BCUT2D eigenvalue weighted by Gasteiger charge is 2.29. The quantitative estimate of drug-likeness (QED) is 0.759. The van der Waals surface area contributed by atoms with E-state index in [1.807, 2.05) is 24.3 Å². The van der Waals surface area contributed by atoms with Crippen LogP contribution in [-0.2, 0) is 0 Å². The molecule has 1 fully saturated rings. The van der Waals surface area contributed by atoms with Crippen LogP contribution in [0.4, 0.5) is 11.6 Å². The van der Waals surface area contributed by atoms with Gasteiger partial charge in [0.05, 0.1) is 23.0 Å². The summed E-state index contributed by atoms with van der Waals surface area (Å²) >= 11 is 6.43. The second-order valence-electron chi connectivity index (χ2n) is 5.99. The highest BCUT2D eigenvalue weighted by molar-refractivity contribution is 6.33. The monoisotopic (exact) mass is 344 g/mol. The minimum Gasteiger partial charge on any atom is -0.393 e. The highest BCUT2D eigenvalue weighted by Crippen LogP contribution is 2.36. The molecular formula is C16H17ClN6O. The van der Waals surface area contributed by atoms with Gasteiger partial charge in [0.15, 0.2) is 0 Å². The second kappa shape index (κ2) is 6.33. The first-order valence-corrected chi connectivity index (χ1v) is 8.35. The van der Waals surface area contributed by atoms with Crippen molar-refractivity contribution in [3.63, 3.8) is 0 Å². The summed E-state index contributed by atoms with van der Waals surface area (Å²) in [5.41, 5.74) is 2.01. The number of hydrogen-bond donors (Lipinski definition) is 2. The molecule has 0 radical (unpaired) electrons. The number of benzene rings is 1. The van der Waals surface area contributed by atoms with Crippen LogP contribution >= 0.6 is 11.6 Å². The van der Waals surface area contributed by atoms with E-state index in [0.717, 1.165) is 31.4 Å². The first-order valence-electron chi connectivity index (χ1n) is 7.98. The van der Waals surface area contributed by atoms with Crippen LogP contribution in [0.3, 0.4) is 0 Å². The van der Waals surface area contributed by atoms with E-state index in [0.29, 0.717) is 22.1 Å². The Balaban J connectivity index is 1.78. The van der Waals surface area contributed by atoms with Gasteiger partial charge >= 0.3 is 0 Å². The predicted molar refractivity (Wildman–Crippen MR) is 91.3 cm³/mol. The van der Waals surface area contributed by atoms with Crippen molar-refractivity contribution in [2.75, 3.05) is 4.90 Å². The van der Waals surface area contributed by atoms with Gasteiger partial charge in [-0.1, -0.05) is 23.7 Å². The Morgan fingerprint density at radius 3 is 2.71 bits per heavy atom. The van der Waals surface area contributed by atoms with Gasteiger partial charge in [-0.15, -0.1) is 5.10 Å². The zero-order valence-electron chi connectivity index (χ0n) is 12.9. The molecule has 4 rings (SSSR count). The molecule has 2 N–H and O–H groups in total. The van der Waals surface area contributed by atoms with Crippen LogP contribution in [0.25, 0.3) is 11.2 Å². The number of aliphatic hydroxyl groups excluding tert-OH is 1. The lowest BCUT2D eigenvalue weighted by molar-refractivity contribution is 0.123. The van der Waals surface area contributed by atoms with Crippen LogP contribution < -0.4 is 4.90 Å². The summed E-state index contributed by atoms with van der Waals surface area (Å²) in [5, 5.41) is 21.1. The number of fused-ring (bicyclic) bond motifs is 1. The largest absolute Gasteiger partial charge is 0.393 e. The minimum atomic E-state index is -0.228. The number of aromatic amines is 1. The lowest BCUT2D eigenvalue weighted by Gasteiger charge is -2.36. The van der Waals surface area contributed by atoms with Gasteiger partial charge in [0, 0.05) is 6.04 Å². The van der Waals surface area contributed by atoms with Gasteiger partial charge in [-0.25, -0.2) is 4.98 Å². The van der Waals surface area contributed by atoms with E-state index in [4.69, 9.17) is 11.6 Å². The standard InChI is InChI=1S/C16H17ClN6O/c17-12-3-1-2-4-14(12)23(10-5-7-11(24)8-6-10)16-18-9-13-15(19-16)21-22-20-13/h1-4,9-11,24H,5-8H2,(H,18,19,20,21,22). The smallest absolute Gasteiger partial charge is 0.232 e. The topological polar surface area (TPSA) is 90.8 Å². The van der Waals surface area contributed by atoms with E-state index in [2.05, 4.69) is 30.3 Å². The molecule has 7 nitrogen and oxygen atoms in total. The molecule has 3 aromatic rings. The average Bonchev–Trinajstić information content (AvgIpc) is 3.06. The molecule has 0 atom stereocenters. The van der Waals surface area contributed by atoms with E-state index in [-0.39, 0.29) is 12.1 Å². The number of H-pyrrole nitrogens is 1. The second-order valence-corrected chi connectivity index (χ2v) is 6.39. The zero-order valence-corrected chi connectivity index (χ0v) is 13.7. The Kier molecular flexibility index (Phi) is 4.03. The maximum Gasteiger partial charge on any atom is 0.232 e. The van der Waals surface area contributed by atoms with Crippen molar-refractivity contribution in [1.82, 2.24) is 25.4 Å². The van der Waals surface area contributed by atoms with Crippen molar-refractivity contribution in [2.45, 2.75) is 37.8 Å². The van der Waals surface area contributed by atoms with Gasteiger partial charge in [0.2, 0.25) is 11.6 Å². The number of nitrogens with one attached hydrogen (secondary N) is 1. The highest BCUT2D eigenvalue weighted by atomic mass is 35.5. The van der Waals surface area contributed by atoms with Crippen molar-refractivity contribution in [3.05, 3.63) is 35.5 Å². The van der Waals surface area contributed by atoms with Crippen molar-refractivity contribution in [3.8, 4) is 0 Å². The number of hydrogen-bond acceptors (Lipinski definition) is 6. The minimum absolute atomic E-state index is 0.178. The lowest BCUT2D eigenvalue weighted by Crippen LogP contribution is -2.37.